The average Bonchev–Trinajstić information content (AvgIpc) is 2.42. The smallest absolute Gasteiger partial charge is 0.271 e. The molecule has 0 saturated heterocycles. The molecule has 100 valence electrons. The Labute approximate surface area is 108 Å². The molecule has 0 spiro atoms. The van der Waals surface area contributed by atoms with Crippen molar-refractivity contribution in [3.8, 4) is 5.75 Å². The van der Waals surface area contributed by atoms with E-state index in [0.29, 0.717) is 5.75 Å². The highest BCUT2D eigenvalue weighted by Gasteiger charge is 2.19. The summed E-state index contributed by atoms with van der Waals surface area (Å²) >= 11 is 0. The van der Waals surface area contributed by atoms with E-state index < -0.39 is 11.7 Å². The molecular weight excluding hydrogens is 253 g/mol. The van der Waals surface area contributed by atoms with Gasteiger partial charge in [0.05, 0.1) is 12.8 Å². The molecule has 1 aromatic carbocycles. The zero-order valence-corrected chi connectivity index (χ0v) is 10.2. The molecule has 19 heavy (non-hydrogen) atoms. The van der Waals surface area contributed by atoms with Gasteiger partial charge in [-0.1, -0.05) is 0 Å². The third kappa shape index (κ3) is 3.06. The van der Waals surface area contributed by atoms with Gasteiger partial charge in [0.1, 0.15) is 17.3 Å². The van der Waals surface area contributed by atoms with Gasteiger partial charge < -0.3 is 10.1 Å². The molecule has 2 amide bonds. The largest absolute Gasteiger partial charge is 0.497 e. The summed E-state index contributed by atoms with van der Waals surface area (Å²) in [4.78, 5) is 22.7. The highest BCUT2D eigenvalue weighted by atomic mass is 19.1. The fourth-order valence-corrected chi connectivity index (χ4v) is 1.56. The highest BCUT2D eigenvalue weighted by molar-refractivity contribution is 6.43. The number of hydrazone groups is 1. The van der Waals surface area contributed by atoms with E-state index in [1.807, 2.05) is 0 Å². The molecule has 2 rings (SSSR count). The van der Waals surface area contributed by atoms with Crippen LogP contribution in [0.3, 0.4) is 0 Å². The molecular formula is C12H12FN3O3. The van der Waals surface area contributed by atoms with E-state index in [1.165, 1.54) is 25.3 Å². The number of carbonyl (C=O) groups is 2. The fraction of sp³-hybridized carbons (Fsp3) is 0.250. The number of carbonyl (C=O) groups excluding carboxylic acids is 2. The van der Waals surface area contributed by atoms with Crippen LogP contribution in [0.5, 0.6) is 5.75 Å². The lowest BCUT2D eigenvalue weighted by atomic mass is 10.1. The Hall–Kier alpha value is -2.44. The van der Waals surface area contributed by atoms with Gasteiger partial charge in [-0.25, -0.2) is 9.82 Å². The molecule has 0 bridgehead atoms. The Balaban J connectivity index is 2.12. The van der Waals surface area contributed by atoms with Crippen LogP contribution in [0.2, 0.25) is 0 Å². The van der Waals surface area contributed by atoms with Crippen molar-refractivity contribution >= 4 is 23.2 Å². The Bertz CT molecular complexity index is 557. The van der Waals surface area contributed by atoms with E-state index >= 15 is 0 Å². The van der Waals surface area contributed by atoms with Gasteiger partial charge in [-0.3, -0.25) is 9.59 Å². The average molecular weight is 265 g/mol. The molecule has 0 atom stereocenters. The lowest BCUT2D eigenvalue weighted by Gasteiger charge is -2.12. The number of methoxy groups -OCH3 is 1. The molecule has 0 fully saturated rings. The Morgan fingerprint density at radius 3 is 2.89 bits per heavy atom. The first-order chi connectivity index (χ1) is 9.10. The van der Waals surface area contributed by atoms with Crippen LogP contribution in [-0.2, 0) is 9.59 Å². The van der Waals surface area contributed by atoms with Gasteiger partial charge in [-0.15, -0.1) is 0 Å². The van der Waals surface area contributed by atoms with Crippen molar-refractivity contribution in [3.63, 3.8) is 0 Å². The fourth-order valence-electron chi connectivity index (χ4n) is 1.56. The van der Waals surface area contributed by atoms with Crippen LogP contribution in [-0.4, -0.2) is 24.6 Å². The molecule has 7 heteroatoms. The highest BCUT2D eigenvalue weighted by Crippen LogP contribution is 2.21. The monoisotopic (exact) mass is 265 g/mol. The van der Waals surface area contributed by atoms with E-state index in [2.05, 4.69) is 15.8 Å². The number of halogens is 1. The van der Waals surface area contributed by atoms with Crippen LogP contribution in [0.15, 0.2) is 23.3 Å². The van der Waals surface area contributed by atoms with E-state index in [-0.39, 0.29) is 30.1 Å². The van der Waals surface area contributed by atoms with Gasteiger partial charge in [-0.05, 0) is 12.1 Å². The molecule has 1 aliphatic rings. The minimum absolute atomic E-state index is 0.00366. The molecule has 0 aromatic heterocycles. The molecule has 6 nitrogen and oxygen atoms in total. The van der Waals surface area contributed by atoms with Gasteiger partial charge >= 0.3 is 0 Å². The van der Waals surface area contributed by atoms with Crippen LogP contribution in [0.4, 0.5) is 10.1 Å². The van der Waals surface area contributed by atoms with Crippen LogP contribution < -0.4 is 15.5 Å². The second-order valence-electron chi connectivity index (χ2n) is 3.89. The summed E-state index contributed by atoms with van der Waals surface area (Å²) in [5.74, 6) is -0.943. The first-order valence-corrected chi connectivity index (χ1v) is 5.60. The normalized spacial score (nSPS) is 14.4. The van der Waals surface area contributed by atoms with Crippen LogP contribution in [0.1, 0.15) is 12.8 Å². The summed E-state index contributed by atoms with van der Waals surface area (Å²) in [5, 5.41) is 6.02. The summed E-state index contributed by atoms with van der Waals surface area (Å²) in [6.07, 6.45) is 0.413. The minimum atomic E-state index is -0.574. The lowest BCUT2D eigenvalue weighted by molar-refractivity contribution is -0.121. The third-order valence-electron chi connectivity index (χ3n) is 2.59. The summed E-state index contributed by atoms with van der Waals surface area (Å²) in [5.41, 5.74) is 2.36. The molecule has 0 aliphatic carbocycles. The quantitative estimate of drug-likeness (QED) is 0.856. The first kappa shape index (κ1) is 13.0. The number of rotatable bonds is 3. The van der Waals surface area contributed by atoms with Crippen molar-refractivity contribution in [3.05, 3.63) is 24.0 Å². The van der Waals surface area contributed by atoms with Crippen molar-refractivity contribution < 1.29 is 18.7 Å². The van der Waals surface area contributed by atoms with Gasteiger partial charge in [0.15, 0.2) is 0 Å². The third-order valence-corrected chi connectivity index (χ3v) is 2.59. The maximum Gasteiger partial charge on any atom is 0.271 e. The topological polar surface area (TPSA) is 79.8 Å². The van der Waals surface area contributed by atoms with Crippen LogP contribution >= 0.6 is 0 Å². The zero-order valence-electron chi connectivity index (χ0n) is 10.2. The number of amides is 2. The van der Waals surface area contributed by atoms with Crippen molar-refractivity contribution in [1.82, 2.24) is 5.43 Å². The number of hydrogen-bond acceptors (Lipinski definition) is 4. The van der Waals surface area contributed by atoms with Crippen molar-refractivity contribution in [2.75, 3.05) is 12.4 Å². The SMILES string of the molecule is COc1ccc(F)c(NC(=O)C2=NNC(=O)CC2)c1. The molecule has 0 unspecified atom stereocenters. The first-order valence-electron chi connectivity index (χ1n) is 5.60. The molecule has 0 saturated carbocycles. The number of ether oxygens (including phenoxy) is 1. The summed E-state index contributed by atoms with van der Waals surface area (Å²) in [6.45, 7) is 0. The van der Waals surface area contributed by atoms with E-state index in [4.69, 9.17) is 4.74 Å². The van der Waals surface area contributed by atoms with Crippen molar-refractivity contribution in [2.24, 2.45) is 5.10 Å². The van der Waals surface area contributed by atoms with Crippen molar-refractivity contribution in [2.45, 2.75) is 12.8 Å². The van der Waals surface area contributed by atoms with Gasteiger partial charge in [0, 0.05) is 18.9 Å². The minimum Gasteiger partial charge on any atom is -0.497 e. The number of anilines is 1. The maximum absolute atomic E-state index is 13.5. The number of benzene rings is 1. The summed E-state index contributed by atoms with van der Waals surface area (Å²) in [7, 11) is 1.44. The van der Waals surface area contributed by atoms with Gasteiger partial charge in [0.2, 0.25) is 5.91 Å². The van der Waals surface area contributed by atoms with Crippen LogP contribution in [0, 0.1) is 5.82 Å². The molecule has 1 heterocycles. The second-order valence-corrected chi connectivity index (χ2v) is 3.89. The summed E-state index contributed by atoms with van der Waals surface area (Å²) < 4.78 is 18.5. The van der Waals surface area contributed by atoms with Gasteiger partial charge in [-0.2, -0.15) is 5.10 Å². The zero-order chi connectivity index (χ0) is 13.8. The Kier molecular flexibility index (Phi) is 3.74. The van der Waals surface area contributed by atoms with E-state index in [9.17, 15) is 14.0 Å². The number of nitrogens with zero attached hydrogens (tertiary/aromatic N) is 1. The molecule has 0 radical (unpaired) electrons. The maximum atomic E-state index is 13.5. The lowest BCUT2D eigenvalue weighted by Crippen LogP contribution is -2.32. The standard InChI is InChI=1S/C12H12FN3O3/c1-19-7-2-3-8(13)10(6-7)14-12(18)9-4-5-11(17)16-15-9/h2-3,6H,4-5H2,1H3,(H,14,18)(H,16,17). The van der Waals surface area contributed by atoms with Crippen molar-refractivity contribution in [1.29, 1.82) is 0 Å². The number of nitrogens with one attached hydrogen (secondary N) is 2. The predicted octanol–water partition coefficient (Wildman–Crippen LogP) is 1.04. The Morgan fingerprint density at radius 1 is 1.47 bits per heavy atom. The molecule has 1 aromatic rings. The van der Waals surface area contributed by atoms with Gasteiger partial charge in [0.25, 0.3) is 5.91 Å². The summed E-state index contributed by atoms with van der Waals surface area (Å²) in [6, 6.07) is 4.01. The molecule has 2 N–H and O–H groups in total. The predicted molar refractivity (Wildman–Crippen MR) is 66.4 cm³/mol. The Morgan fingerprint density at radius 2 is 2.26 bits per heavy atom. The van der Waals surface area contributed by atoms with Crippen LogP contribution in [0.25, 0.3) is 0 Å². The molecule has 1 aliphatic heterocycles. The number of hydrogen-bond donors (Lipinski definition) is 2. The second kappa shape index (κ2) is 5.47. The van der Waals surface area contributed by atoms with E-state index in [0.717, 1.165) is 0 Å². The van der Waals surface area contributed by atoms with E-state index in [1.54, 1.807) is 0 Å².